The lowest BCUT2D eigenvalue weighted by Gasteiger charge is -2.12. The van der Waals surface area contributed by atoms with Crippen molar-refractivity contribution in [3.8, 4) is 0 Å². The lowest BCUT2D eigenvalue weighted by Crippen LogP contribution is -2.18. The summed E-state index contributed by atoms with van der Waals surface area (Å²) in [5.41, 5.74) is 0. The normalized spacial score (nSPS) is 15.9. The molecule has 1 aliphatic carbocycles. The van der Waals surface area contributed by atoms with E-state index in [9.17, 15) is 9.36 Å². The lowest BCUT2D eigenvalue weighted by molar-refractivity contribution is -0.265. The smallest absolute Gasteiger partial charge is 0.392 e. The van der Waals surface area contributed by atoms with Gasteiger partial charge in [-0.3, -0.25) is 0 Å². The standard InChI is InChI=1S/C9H15N2O7P/c1-3-14-17-19(13,18-15-4-2)11-9(12)16-8(10-11)7-5-6-7/h7H,3-6H2,1-2H3. The van der Waals surface area contributed by atoms with E-state index in [2.05, 4.69) is 24.2 Å². The molecule has 0 amide bonds. The predicted molar refractivity (Wildman–Crippen MR) is 61.2 cm³/mol. The second-order valence-electron chi connectivity index (χ2n) is 3.80. The van der Waals surface area contributed by atoms with E-state index in [-0.39, 0.29) is 25.0 Å². The van der Waals surface area contributed by atoms with Crippen molar-refractivity contribution in [1.29, 1.82) is 0 Å². The largest absolute Gasteiger partial charge is 0.515 e. The summed E-state index contributed by atoms with van der Waals surface area (Å²) in [5.74, 6) is -0.642. The number of rotatable bonds is 8. The van der Waals surface area contributed by atoms with E-state index < -0.39 is 13.5 Å². The maximum Gasteiger partial charge on any atom is 0.515 e. The van der Waals surface area contributed by atoms with Crippen LogP contribution in [-0.4, -0.2) is 22.8 Å². The minimum absolute atomic E-state index is 0.0848. The van der Waals surface area contributed by atoms with Crippen LogP contribution in [0.1, 0.15) is 38.5 Å². The van der Waals surface area contributed by atoms with Crippen molar-refractivity contribution in [2.75, 3.05) is 13.2 Å². The first kappa shape index (κ1) is 14.4. The van der Waals surface area contributed by atoms with Crippen molar-refractivity contribution in [3.05, 3.63) is 16.4 Å². The summed E-state index contributed by atoms with van der Waals surface area (Å²) in [4.78, 5) is 20.8. The summed E-state index contributed by atoms with van der Waals surface area (Å²) in [5, 5.41) is 3.81. The molecule has 0 aromatic carbocycles. The van der Waals surface area contributed by atoms with Crippen LogP contribution in [0.4, 0.5) is 0 Å². The number of hydrogen-bond acceptors (Lipinski definition) is 8. The molecule has 0 spiro atoms. The summed E-state index contributed by atoms with van der Waals surface area (Å²) < 4.78 is 27.0. The molecule has 0 unspecified atom stereocenters. The fraction of sp³-hybridized carbons (Fsp3) is 0.778. The Labute approximate surface area is 108 Å². The van der Waals surface area contributed by atoms with Crippen molar-refractivity contribution in [2.45, 2.75) is 32.6 Å². The van der Waals surface area contributed by atoms with Crippen molar-refractivity contribution in [3.63, 3.8) is 0 Å². The van der Waals surface area contributed by atoms with Crippen molar-refractivity contribution >= 4 is 7.75 Å². The molecule has 1 saturated carbocycles. The Bertz CT molecular complexity index is 509. The number of hydrogen-bond donors (Lipinski definition) is 0. The molecule has 0 saturated heterocycles. The number of aromatic nitrogens is 2. The molecule has 9 nitrogen and oxygen atoms in total. The zero-order chi connectivity index (χ0) is 13.9. The molecule has 0 bridgehead atoms. The Kier molecular flexibility index (Phi) is 4.54. The van der Waals surface area contributed by atoms with Crippen LogP contribution in [0.15, 0.2) is 9.21 Å². The summed E-state index contributed by atoms with van der Waals surface area (Å²) >= 11 is 0. The van der Waals surface area contributed by atoms with Crippen LogP contribution in [0.3, 0.4) is 0 Å². The van der Waals surface area contributed by atoms with Gasteiger partial charge in [0.1, 0.15) is 0 Å². The SMILES string of the molecule is CCOOP(=O)(OOCC)n1nc(C2CC2)oc1=O. The van der Waals surface area contributed by atoms with Gasteiger partial charge in [0.05, 0.1) is 13.2 Å². The Morgan fingerprint density at radius 2 is 1.89 bits per heavy atom. The van der Waals surface area contributed by atoms with Gasteiger partial charge in [-0.1, -0.05) is 4.45 Å². The summed E-state index contributed by atoms with van der Waals surface area (Å²) in [7, 11) is -4.18. The number of nitrogens with zero attached hydrogens (tertiary/aromatic N) is 2. The quantitative estimate of drug-likeness (QED) is 0.405. The molecule has 0 aliphatic heterocycles. The van der Waals surface area contributed by atoms with Crippen LogP contribution in [-0.2, 0) is 23.7 Å². The molecule has 19 heavy (non-hydrogen) atoms. The van der Waals surface area contributed by atoms with Gasteiger partial charge in [0.2, 0.25) is 5.89 Å². The average Bonchev–Trinajstić information content (AvgIpc) is 3.17. The van der Waals surface area contributed by atoms with Crippen LogP contribution in [0.2, 0.25) is 0 Å². The van der Waals surface area contributed by atoms with Gasteiger partial charge in [-0.25, -0.2) is 19.1 Å². The first-order valence-electron chi connectivity index (χ1n) is 5.94. The molecule has 0 radical (unpaired) electrons. The van der Waals surface area contributed by atoms with Crippen LogP contribution in [0.5, 0.6) is 0 Å². The van der Waals surface area contributed by atoms with Gasteiger partial charge in [-0.05, 0) is 26.7 Å². The third-order valence-electron chi connectivity index (χ3n) is 2.24. The van der Waals surface area contributed by atoms with E-state index in [1.165, 1.54) is 0 Å². The summed E-state index contributed by atoms with van der Waals surface area (Å²) in [6.45, 7) is 3.46. The third-order valence-corrected chi connectivity index (χ3v) is 3.54. The highest BCUT2D eigenvalue weighted by Crippen LogP contribution is 2.49. The highest BCUT2D eigenvalue weighted by Gasteiger charge is 2.39. The molecular weight excluding hydrogens is 279 g/mol. The Morgan fingerprint density at radius 1 is 1.32 bits per heavy atom. The predicted octanol–water partition coefficient (Wildman–Crippen LogP) is 1.61. The third kappa shape index (κ3) is 3.31. The Morgan fingerprint density at radius 3 is 2.37 bits per heavy atom. The van der Waals surface area contributed by atoms with Crippen molar-refractivity contribution < 1.29 is 28.1 Å². The molecule has 108 valence electrons. The molecule has 1 fully saturated rings. The molecule has 0 N–H and O–H groups in total. The monoisotopic (exact) mass is 294 g/mol. The maximum atomic E-state index is 12.4. The van der Waals surface area contributed by atoms with E-state index in [1.54, 1.807) is 13.8 Å². The molecule has 0 atom stereocenters. The van der Waals surface area contributed by atoms with Crippen molar-refractivity contribution in [2.24, 2.45) is 0 Å². The van der Waals surface area contributed by atoms with E-state index in [0.717, 1.165) is 12.8 Å². The van der Waals surface area contributed by atoms with E-state index in [0.29, 0.717) is 4.45 Å². The first-order valence-corrected chi connectivity index (χ1v) is 7.43. The fourth-order valence-electron chi connectivity index (χ4n) is 1.25. The van der Waals surface area contributed by atoms with Gasteiger partial charge < -0.3 is 4.42 Å². The molecular formula is C9H15N2O7P. The summed E-state index contributed by atoms with van der Waals surface area (Å²) in [6.07, 6.45) is 1.76. The van der Waals surface area contributed by atoms with Crippen molar-refractivity contribution in [1.82, 2.24) is 9.55 Å². The molecule has 1 aromatic rings. The highest BCUT2D eigenvalue weighted by atomic mass is 31.2. The minimum Gasteiger partial charge on any atom is -0.392 e. The highest BCUT2D eigenvalue weighted by molar-refractivity contribution is 7.51. The van der Waals surface area contributed by atoms with Gasteiger partial charge in [0.25, 0.3) is 0 Å². The topological polar surface area (TPSA) is 102 Å². The van der Waals surface area contributed by atoms with Crippen LogP contribution in [0.25, 0.3) is 0 Å². The zero-order valence-corrected chi connectivity index (χ0v) is 11.5. The summed E-state index contributed by atoms with van der Waals surface area (Å²) in [6, 6.07) is 0. The van der Waals surface area contributed by atoms with E-state index in [1.807, 2.05) is 0 Å². The molecule has 1 heterocycles. The maximum absolute atomic E-state index is 12.4. The van der Waals surface area contributed by atoms with E-state index >= 15 is 0 Å². The Balaban J connectivity index is 2.25. The first-order chi connectivity index (χ1) is 9.10. The van der Waals surface area contributed by atoms with Crippen LogP contribution in [0, 0.1) is 0 Å². The Hall–Kier alpha value is -0.990. The molecule has 1 aliphatic rings. The van der Waals surface area contributed by atoms with Crippen LogP contribution >= 0.6 is 7.75 Å². The van der Waals surface area contributed by atoms with Gasteiger partial charge in [-0.15, -0.1) is 14.4 Å². The van der Waals surface area contributed by atoms with Gasteiger partial charge in [-0.2, -0.15) is 0 Å². The molecule has 2 rings (SSSR count). The van der Waals surface area contributed by atoms with E-state index in [4.69, 9.17) is 4.42 Å². The van der Waals surface area contributed by atoms with Gasteiger partial charge in [0.15, 0.2) is 0 Å². The molecule has 1 aromatic heterocycles. The second kappa shape index (κ2) is 5.98. The minimum atomic E-state index is -4.18. The zero-order valence-electron chi connectivity index (χ0n) is 10.6. The fourth-order valence-corrected chi connectivity index (χ4v) is 2.32. The lowest BCUT2D eigenvalue weighted by atomic mass is 10.4. The van der Waals surface area contributed by atoms with Gasteiger partial charge in [0, 0.05) is 5.92 Å². The average molecular weight is 294 g/mol. The second-order valence-corrected chi connectivity index (χ2v) is 5.41. The van der Waals surface area contributed by atoms with Gasteiger partial charge >= 0.3 is 13.5 Å². The molecule has 10 heteroatoms. The van der Waals surface area contributed by atoms with Crippen LogP contribution < -0.4 is 5.76 Å².